The van der Waals surface area contributed by atoms with Crippen molar-refractivity contribution in [2.45, 2.75) is 44.4 Å². The minimum atomic E-state index is 0.525. The van der Waals surface area contributed by atoms with Crippen LogP contribution in [0.15, 0.2) is 24.3 Å². The molecule has 1 heterocycles. The fourth-order valence-electron chi connectivity index (χ4n) is 3.37. The molecule has 1 aliphatic carbocycles. The molecule has 0 saturated heterocycles. The highest BCUT2D eigenvalue weighted by atomic mass is 16.5. The first-order valence-electron chi connectivity index (χ1n) is 7.78. The predicted octanol–water partition coefficient (Wildman–Crippen LogP) is 4.11. The fourth-order valence-corrected chi connectivity index (χ4v) is 3.37. The number of nitrogens with two attached hydrogens (primary N) is 1. The minimum absolute atomic E-state index is 0.525. The van der Waals surface area contributed by atoms with E-state index in [0.717, 1.165) is 16.9 Å². The van der Waals surface area contributed by atoms with Gasteiger partial charge < -0.3 is 10.5 Å². The summed E-state index contributed by atoms with van der Waals surface area (Å²) in [6, 6.07) is 8.02. The van der Waals surface area contributed by atoms with Gasteiger partial charge in [-0.25, -0.2) is 0 Å². The molecule has 0 radical (unpaired) electrons. The second-order valence-corrected chi connectivity index (χ2v) is 5.79. The molecule has 1 aromatic heterocycles. The molecule has 1 fully saturated rings. The van der Waals surface area contributed by atoms with Gasteiger partial charge in [-0.2, -0.15) is 5.10 Å². The smallest absolute Gasteiger partial charge is 0.153 e. The molecule has 1 saturated carbocycles. The predicted molar refractivity (Wildman–Crippen MR) is 85.4 cm³/mol. The van der Waals surface area contributed by atoms with Crippen molar-refractivity contribution in [1.82, 2.24) is 10.2 Å². The summed E-state index contributed by atoms with van der Waals surface area (Å²) in [5, 5.41) is 7.46. The van der Waals surface area contributed by atoms with Crippen molar-refractivity contribution in [2.75, 3.05) is 12.8 Å². The third kappa shape index (κ3) is 2.75. The van der Waals surface area contributed by atoms with E-state index < -0.39 is 0 Å². The van der Waals surface area contributed by atoms with E-state index in [1.165, 1.54) is 44.2 Å². The Bertz CT molecular complexity index is 598. The molecule has 112 valence electrons. The number of para-hydroxylation sites is 1. The summed E-state index contributed by atoms with van der Waals surface area (Å²) >= 11 is 0. The molecular weight excluding hydrogens is 262 g/mol. The molecule has 0 atom stereocenters. The summed E-state index contributed by atoms with van der Waals surface area (Å²) in [5.74, 6) is 1.94. The molecule has 3 rings (SSSR count). The van der Waals surface area contributed by atoms with Gasteiger partial charge in [0.2, 0.25) is 0 Å². The van der Waals surface area contributed by atoms with Gasteiger partial charge in [-0.3, -0.25) is 5.10 Å². The number of nitrogens with one attached hydrogen (secondary N) is 1. The van der Waals surface area contributed by atoms with Crippen molar-refractivity contribution in [1.29, 1.82) is 0 Å². The van der Waals surface area contributed by atoms with Gasteiger partial charge in [-0.1, -0.05) is 43.9 Å². The standard InChI is InChI=1S/C17H23N3O/c1-21-14-11-7-6-10-13(14)15-16(19-20-17(15)18)12-8-4-2-3-5-9-12/h6-7,10-12H,2-5,8-9H2,1H3,(H3,18,19,20). The van der Waals surface area contributed by atoms with Crippen molar-refractivity contribution in [2.24, 2.45) is 0 Å². The Hall–Kier alpha value is -1.97. The Kier molecular flexibility index (Phi) is 4.13. The van der Waals surface area contributed by atoms with Crippen LogP contribution in [-0.4, -0.2) is 17.3 Å². The minimum Gasteiger partial charge on any atom is -0.496 e. The summed E-state index contributed by atoms with van der Waals surface area (Å²) < 4.78 is 5.49. The number of nitrogen functional groups attached to an aromatic ring is 1. The van der Waals surface area contributed by atoms with Gasteiger partial charge in [-0.05, 0) is 18.9 Å². The number of methoxy groups -OCH3 is 1. The van der Waals surface area contributed by atoms with E-state index in [2.05, 4.69) is 16.3 Å². The normalized spacial score (nSPS) is 16.6. The largest absolute Gasteiger partial charge is 0.496 e. The molecule has 0 spiro atoms. The van der Waals surface area contributed by atoms with Crippen LogP contribution in [0.1, 0.15) is 50.1 Å². The molecule has 4 heteroatoms. The van der Waals surface area contributed by atoms with E-state index in [-0.39, 0.29) is 0 Å². The lowest BCUT2D eigenvalue weighted by atomic mass is 9.91. The maximum absolute atomic E-state index is 6.14. The summed E-state index contributed by atoms with van der Waals surface area (Å²) in [6.07, 6.45) is 7.67. The summed E-state index contributed by atoms with van der Waals surface area (Å²) in [5.41, 5.74) is 9.38. The Balaban J connectivity index is 2.04. The zero-order valence-corrected chi connectivity index (χ0v) is 12.6. The third-order valence-corrected chi connectivity index (χ3v) is 4.46. The number of rotatable bonds is 3. The summed E-state index contributed by atoms with van der Waals surface area (Å²) in [6.45, 7) is 0. The number of H-pyrrole nitrogens is 1. The number of hydrogen-bond acceptors (Lipinski definition) is 3. The topological polar surface area (TPSA) is 63.9 Å². The molecule has 0 bridgehead atoms. The number of aromatic nitrogens is 2. The molecule has 1 aromatic carbocycles. The van der Waals surface area contributed by atoms with Crippen molar-refractivity contribution in [3.8, 4) is 16.9 Å². The van der Waals surface area contributed by atoms with Crippen LogP contribution < -0.4 is 10.5 Å². The number of hydrogen-bond donors (Lipinski definition) is 2. The zero-order valence-electron chi connectivity index (χ0n) is 12.6. The van der Waals surface area contributed by atoms with Gasteiger partial charge in [0.25, 0.3) is 0 Å². The number of aromatic amines is 1. The molecular formula is C17H23N3O. The van der Waals surface area contributed by atoms with Gasteiger partial charge >= 0.3 is 0 Å². The first-order valence-corrected chi connectivity index (χ1v) is 7.78. The van der Waals surface area contributed by atoms with Crippen LogP contribution in [0.5, 0.6) is 5.75 Å². The Morgan fingerprint density at radius 2 is 1.86 bits per heavy atom. The van der Waals surface area contributed by atoms with Crippen molar-refractivity contribution < 1.29 is 4.74 Å². The van der Waals surface area contributed by atoms with E-state index in [9.17, 15) is 0 Å². The molecule has 0 amide bonds. The molecule has 3 N–H and O–H groups in total. The first-order chi connectivity index (χ1) is 10.3. The highest BCUT2D eigenvalue weighted by Crippen LogP contribution is 2.41. The molecule has 0 aliphatic heterocycles. The van der Waals surface area contributed by atoms with Gasteiger partial charge in [0, 0.05) is 17.2 Å². The maximum Gasteiger partial charge on any atom is 0.153 e. The molecule has 4 nitrogen and oxygen atoms in total. The van der Waals surface area contributed by atoms with Crippen molar-refractivity contribution in [3.63, 3.8) is 0 Å². The van der Waals surface area contributed by atoms with Crippen LogP contribution in [-0.2, 0) is 0 Å². The maximum atomic E-state index is 6.14. The van der Waals surface area contributed by atoms with Crippen LogP contribution in [0, 0.1) is 0 Å². The Morgan fingerprint density at radius 1 is 1.14 bits per heavy atom. The second-order valence-electron chi connectivity index (χ2n) is 5.79. The van der Waals surface area contributed by atoms with Crippen LogP contribution in [0.4, 0.5) is 5.82 Å². The quantitative estimate of drug-likeness (QED) is 0.834. The fraction of sp³-hybridized carbons (Fsp3) is 0.471. The number of nitrogens with zero attached hydrogens (tertiary/aromatic N) is 1. The lowest BCUT2D eigenvalue weighted by Gasteiger charge is -2.16. The molecule has 2 aromatic rings. The Morgan fingerprint density at radius 3 is 2.57 bits per heavy atom. The van der Waals surface area contributed by atoms with Gasteiger partial charge in [0.1, 0.15) is 5.75 Å². The second kappa shape index (κ2) is 6.20. The zero-order chi connectivity index (χ0) is 14.7. The SMILES string of the molecule is COc1ccccc1-c1c(N)n[nH]c1C1CCCCCC1. The molecule has 0 unspecified atom stereocenters. The van der Waals surface area contributed by atoms with E-state index in [0.29, 0.717) is 11.7 Å². The Labute approximate surface area is 125 Å². The third-order valence-electron chi connectivity index (χ3n) is 4.46. The van der Waals surface area contributed by atoms with E-state index >= 15 is 0 Å². The van der Waals surface area contributed by atoms with E-state index in [4.69, 9.17) is 10.5 Å². The van der Waals surface area contributed by atoms with Crippen LogP contribution in [0.25, 0.3) is 11.1 Å². The first kappa shape index (κ1) is 14.0. The van der Waals surface area contributed by atoms with Crippen molar-refractivity contribution in [3.05, 3.63) is 30.0 Å². The number of anilines is 1. The van der Waals surface area contributed by atoms with Gasteiger partial charge in [-0.15, -0.1) is 0 Å². The molecule has 1 aliphatic rings. The van der Waals surface area contributed by atoms with Gasteiger partial charge in [0.05, 0.1) is 12.7 Å². The lowest BCUT2D eigenvalue weighted by Crippen LogP contribution is -2.01. The highest BCUT2D eigenvalue weighted by Gasteiger charge is 2.24. The number of benzene rings is 1. The molecule has 21 heavy (non-hydrogen) atoms. The summed E-state index contributed by atoms with van der Waals surface area (Å²) in [4.78, 5) is 0. The average molecular weight is 285 g/mol. The van der Waals surface area contributed by atoms with Crippen LogP contribution in [0.3, 0.4) is 0 Å². The van der Waals surface area contributed by atoms with Crippen molar-refractivity contribution >= 4 is 5.82 Å². The highest BCUT2D eigenvalue weighted by molar-refractivity contribution is 5.81. The summed E-state index contributed by atoms with van der Waals surface area (Å²) in [7, 11) is 1.69. The monoisotopic (exact) mass is 285 g/mol. The number of ether oxygens (including phenoxy) is 1. The van der Waals surface area contributed by atoms with Crippen LogP contribution >= 0.6 is 0 Å². The lowest BCUT2D eigenvalue weighted by molar-refractivity contribution is 0.416. The van der Waals surface area contributed by atoms with Crippen LogP contribution in [0.2, 0.25) is 0 Å². The van der Waals surface area contributed by atoms with E-state index in [1.807, 2.05) is 18.2 Å². The van der Waals surface area contributed by atoms with Gasteiger partial charge in [0.15, 0.2) is 5.82 Å². The van der Waals surface area contributed by atoms with E-state index in [1.54, 1.807) is 7.11 Å². The average Bonchev–Trinajstić information content (AvgIpc) is 2.74.